The second-order valence-corrected chi connectivity index (χ2v) is 7.20. The third-order valence-electron chi connectivity index (χ3n) is 5.31. The maximum atomic E-state index is 13.0. The molecule has 5 nitrogen and oxygen atoms in total. The number of anilines is 1. The molecular formula is C23H24N4O. The van der Waals surface area contributed by atoms with Gasteiger partial charge in [0, 0.05) is 45.3 Å². The Morgan fingerprint density at radius 2 is 1.86 bits per heavy atom. The van der Waals surface area contributed by atoms with Crippen LogP contribution in [0, 0.1) is 0 Å². The Balaban J connectivity index is 1.44. The Kier molecular flexibility index (Phi) is 5.33. The van der Waals surface area contributed by atoms with Gasteiger partial charge < -0.3 is 9.80 Å². The van der Waals surface area contributed by atoms with E-state index in [4.69, 9.17) is 0 Å². The van der Waals surface area contributed by atoms with Crippen LogP contribution in [0.15, 0.2) is 67.3 Å². The second-order valence-electron chi connectivity index (χ2n) is 7.20. The molecule has 5 heteroatoms. The summed E-state index contributed by atoms with van der Waals surface area (Å²) < 4.78 is 0. The third kappa shape index (κ3) is 4.03. The number of amides is 1. The summed E-state index contributed by atoms with van der Waals surface area (Å²) >= 11 is 0. The normalized spacial score (nSPS) is 13.1. The molecule has 0 aliphatic carbocycles. The standard InChI is InChI=1S/C23H24N4O/c1-26(12-8-18-6-10-24-11-7-18)22-14-21(15-25-16-22)23(28)27-13-9-19-4-2-3-5-20(19)17-27/h2-7,10-11,14-16H,8-9,12-13,17H2,1H3. The van der Waals surface area contributed by atoms with E-state index in [1.165, 1.54) is 16.7 Å². The summed E-state index contributed by atoms with van der Waals surface area (Å²) in [5, 5.41) is 0. The van der Waals surface area contributed by atoms with Crippen molar-refractivity contribution in [1.29, 1.82) is 0 Å². The van der Waals surface area contributed by atoms with Crippen molar-refractivity contribution in [3.8, 4) is 0 Å². The molecule has 4 rings (SSSR count). The van der Waals surface area contributed by atoms with Crippen LogP contribution in [-0.2, 0) is 19.4 Å². The smallest absolute Gasteiger partial charge is 0.255 e. The first-order valence-electron chi connectivity index (χ1n) is 9.62. The van der Waals surface area contributed by atoms with Crippen LogP contribution in [-0.4, -0.2) is 40.9 Å². The molecule has 0 spiro atoms. The number of aromatic nitrogens is 2. The number of likely N-dealkylation sites (N-methyl/N-ethyl adjacent to an activating group) is 1. The first-order valence-corrected chi connectivity index (χ1v) is 9.62. The lowest BCUT2D eigenvalue weighted by molar-refractivity contribution is 0.0734. The van der Waals surface area contributed by atoms with Crippen molar-refractivity contribution in [1.82, 2.24) is 14.9 Å². The molecule has 0 saturated heterocycles. The second kappa shape index (κ2) is 8.21. The van der Waals surface area contributed by atoms with Crippen LogP contribution in [0.25, 0.3) is 0 Å². The lowest BCUT2D eigenvalue weighted by Gasteiger charge is -2.29. The van der Waals surface area contributed by atoms with Crippen LogP contribution in [0.4, 0.5) is 5.69 Å². The lowest BCUT2D eigenvalue weighted by Crippen LogP contribution is -2.36. The highest BCUT2D eigenvalue weighted by atomic mass is 16.2. The van der Waals surface area contributed by atoms with Crippen molar-refractivity contribution in [3.63, 3.8) is 0 Å². The summed E-state index contributed by atoms with van der Waals surface area (Å²) in [7, 11) is 2.03. The highest BCUT2D eigenvalue weighted by Crippen LogP contribution is 2.21. The average Bonchev–Trinajstić information content (AvgIpc) is 2.77. The fourth-order valence-corrected chi connectivity index (χ4v) is 3.58. The van der Waals surface area contributed by atoms with E-state index in [2.05, 4.69) is 33.1 Å². The van der Waals surface area contributed by atoms with Crippen LogP contribution in [0.3, 0.4) is 0 Å². The zero-order valence-corrected chi connectivity index (χ0v) is 16.1. The number of rotatable bonds is 5. The van der Waals surface area contributed by atoms with E-state index in [-0.39, 0.29) is 5.91 Å². The summed E-state index contributed by atoms with van der Waals surface area (Å²) in [6.07, 6.45) is 8.93. The number of benzene rings is 1. The van der Waals surface area contributed by atoms with E-state index in [1.54, 1.807) is 6.20 Å². The fraction of sp³-hybridized carbons (Fsp3) is 0.261. The maximum absolute atomic E-state index is 13.0. The third-order valence-corrected chi connectivity index (χ3v) is 5.31. The Labute approximate surface area is 165 Å². The Morgan fingerprint density at radius 3 is 2.68 bits per heavy atom. The van der Waals surface area contributed by atoms with Crippen LogP contribution < -0.4 is 4.90 Å². The summed E-state index contributed by atoms with van der Waals surface area (Å²) in [6, 6.07) is 14.4. The van der Waals surface area contributed by atoms with Crippen LogP contribution in [0.5, 0.6) is 0 Å². The van der Waals surface area contributed by atoms with Crippen molar-refractivity contribution in [3.05, 3.63) is 89.5 Å². The van der Waals surface area contributed by atoms with Gasteiger partial charge in [0.05, 0.1) is 17.4 Å². The van der Waals surface area contributed by atoms with Crippen molar-refractivity contribution >= 4 is 11.6 Å². The van der Waals surface area contributed by atoms with E-state index in [0.29, 0.717) is 12.1 Å². The highest BCUT2D eigenvalue weighted by Gasteiger charge is 2.22. The molecule has 2 aromatic heterocycles. The summed E-state index contributed by atoms with van der Waals surface area (Å²) in [5.74, 6) is 0.0476. The molecule has 0 radical (unpaired) electrons. The van der Waals surface area contributed by atoms with E-state index < -0.39 is 0 Å². The molecular weight excluding hydrogens is 348 g/mol. The largest absolute Gasteiger partial charge is 0.373 e. The minimum Gasteiger partial charge on any atom is -0.373 e. The van der Waals surface area contributed by atoms with Gasteiger partial charge >= 0.3 is 0 Å². The van der Waals surface area contributed by atoms with Crippen molar-refractivity contribution < 1.29 is 4.79 Å². The molecule has 0 fully saturated rings. The van der Waals surface area contributed by atoms with Crippen molar-refractivity contribution in [2.45, 2.75) is 19.4 Å². The van der Waals surface area contributed by atoms with Crippen molar-refractivity contribution in [2.75, 3.05) is 25.0 Å². The SMILES string of the molecule is CN(CCc1ccncc1)c1cncc(C(=O)N2CCc3ccccc3C2)c1. The monoisotopic (exact) mass is 372 g/mol. The van der Waals surface area contributed by atoms with E-state index in [9.17, 15) is 4.79 Å². The Hall–Kier alpha value is -3.21. The molecule has 28 heavy (non-hydrogen) atoms. The molecule has 142 valence electrons. The van der Waals surface area contributed by atoms with Gasteiger partial charge in [0.15, 0.2) is 0 Å². The average molecular weight is 372 g/mol. The van der Waals surface area contributed by atoms with Crippen LogP contribution in [0.1, 0.15) is 27.0 Å². The molecule has 3 aromatic rings. The van der Waals surface area contributed by atoms with Gasteiger partial charge in [-0.25, -0.2) is 0 Å². The van der Waals surface area contributed by atoms with Gasteiger partial charge in [-0.05, 0) is 47.7 Å². The number of fused-ring (bicyclic) bond motifs is 1. The molecule has 0 N–H and O–H groups in total. The molecule has 1 aromatic carbocycles. The molecule has 0 bridgehead atoms. The predicted octanol–water partition coefficient (Wildman–Crippen LogP) is 3.35. The quantitative estimate of drug-likeness (QED) is 0.689. The van der Waals surface area contributed by atoms with E-state index in [1.807, 2.05) is 54.8 Å². The summed E-state index contributed by atoms with van der Waals surface area (Å²) in [4.78, 5) is 25.5. The number of hydrogen-bond acceptors (Lipinski definition) is 4. The fourth-order valence-electron chi connectivity index (χ4n) is 3.58. The van der Waals surface area contributed by atoms with Gasteiger partial charge in [-0.3, -0.25) is 14.8 Å². The first kappa shape index (κ1) is 18.2. The Bertz CT molecular complexity index is 958. The Morgan fingerprint density at radius 1 is 1.07 bits per heavy atom. The van der Waals surface area contributed by atoms with Crippen LogP contribution in [0.2, 0.25) is 0 Å². The molecule has 1 aliphatic rings. The zero-order valence-electron chi connectivity index (χ0n) is 16.1. The van der Waals surface area contributed by atoms with E-state index in [0.717, 1.165) is 31.6 Å². The molecule has 3 heterocycles. The molecule has 1 amide bonds. The van der Waals surface area contributed by atoms with Crippen LogP contribution >= 0.6 is 0 Å². The summed E-state index contributed by atoms with van der Waals surface area (Å²) in [5.41, 5.74) is 5.42. The van der Waals surface area contributed by atoms with E-state index >= 15 is 0 Å². The number of pyridine rings is 2. The summed E-state index contributed by atoms with van der Waals surface area (Å²) in [6.45, 7) is 2.26. The topological polar surface area (TPSA) is 49.3 Å². The minimum atomic E-state index is 0.0476. The number of carbonyl (C=O) groups is 1. The number of hydrogen-bond donors (Lipinski definition) is 0. The van der Waals surface area contributed by atoms with Gasteiger partial charge in [-0.2, -0.15) is 0 Å². The zero-order chi connectivity index (χ0) is 19.3. The number of nitrogens with zero attached hydrogens (tertiary/aromatic N) is 4. The minimum absolute atomic E-state index is 0.0476. The molecule has 0 unspecified atom stereocenters. The molecule has 0 atom stereocenters. The highest BCUT2D eigenvalue weighted by molar-refractivity contribution is 5.95. The first-order chi connectivity index (χ1) is 13.7. The van der Waals surface area contributed by atoms with Gasteiger partial charge in [0.1, 0.15) is 0 Å². The van der Waals surface area contributed by atoms with Gasteiger partial charge in [0.2, 0.25) is 0 Å². The maximum Gasteiger partial charge on any atom is 0.255 e. The van der Waals surface area contributed by atoms with Gasteiger partial charge in [0.25, 0.3) is 5.91 Å². The lowest BCUT2D eigenvalue weighted by atomic mass is 9.99. The molecule has 0 saturated carbocycles. The van der Waals surface area contributed by atoms with Gasteiger partial charge in [-0.15, -0.1) is 0 Å². The predicted molar refractivity (Wildman–Crippen MR) is 110 cm³/mol. The van der Waals surface area contributed by atoms with Crippen molar-refractivity contribution in [2.24, 2.45) is 0 Å². The number of carbonyl (C=O) groups excluding carboxylic acids is 1. The molecule has 1 aliphatic heterocycles. The van der Waals surface area contributed by atoms with Gasteiger partial charge in [-0.1, -0.05) is 24.3 Å².